The van der Waals surface area contributed by atoms with Crippen molar-refractivity contribution in [2.45, 2.75) is 39.3 Å². The Bertz CT molecular complexity index is 453. The maximum atomic E-state index is 10.2. The Morgan fingerprint density at radius 1 is 1.29 bits per heavy atom. The predicted molar refractivity (Wildman–Crippen MR) is 83.9 cm³/mol. The highest BCUT2D eigenvalue weighted by atomic mass is 16.5. The van der Waals surface area contributed by atoms with Crippen molar-refractivity contribution >= 4 is 0 Å². The first-order chi connectivity index (χ1) is 9.87. The average Bonchev–Trinajstić information content (AvgIpc) is 2.38. The predicted octanol–water partition coefficient (Wildman–Crippen LogP) is 2.15. The quantitative estimate of drug-likeness (QED) is 0.903. The van der Waals surface area contributed by atoms with Crippen molar-refractivity contribution in [3.05, 3.63) is 29.3 Å². The second kappa shape index (κ2) is 6.77. The number of aliphatic hydroxyl groups is 1. The van der Waals surface area contributed by atoms with Gasteiger partial charge in [-0.3, -0.25) is 4.90 Å². The van der Waals surface area contributed by atoms with Crippen LogP contribution in [0.5, 0.6) is 5.75 Å². The van der Waals surface area contributed by atoms with Gasteiger partial charge in [-0.15, -0.1) is 0 Å². The van der Waals surface area contributed by atoms with Crippen molar-refractivity contribution in [1.82, 2.24) is 4.90 Å². The van der Waals surface area contributed by atoms with Crippen LogP contribution in [0.2, 0.25) is 0 Å². The molecule has 0 spiro atoms. The molecule has 1 aliphatic heterocycles. The summed E-state index contributed by atoms with van der Waals surface area (Å²) in [7, 11) is 0. The van der Waals surface area contributed by atoms with Gasteiger partial charge in [0.2, 0.25) is 0 Å². The van der Waals surface area contributed by atoms with Crippen molar-refractivity contribution in [1.29, 1.82) is 0 Å². The fourth-order valence-electron chi connectivity index (χ4n) is 2.74. The van der Waals surface area contributed by atoms with E-state index in [9.17, 15) is 5.11 Å². The molecule has 0 aromatic heterocycles. The molecule has 0 aliphatic carbocycles. The Hall–Kier alpha value is -1.10. The standard InChI is InChI=1S/C17H27NO3/c1-13-7-14(2)9-16(8-13)21-11-15(19)10-18-5-6-20-12-17(18,3)4/h7-9,15,19H,5-6,10-12H2,1-4H3. The third-order valence-corrected chi connectivity index (χ3v) is 3.89. The molecule has 4 nitrogen and oxygen atoms in total. The van der Waals surface area contributed by atoms with E-state index < -0.39 is 6.10 Å². The minimum Gasteiger partial charge on any atom is -0.491 e. The summed E-state index contributed by atoms with van der Waals surface area (Å²) in [6.45, 7) is 11.6. The summed E-state index contributed by atoms with van der Waals surface area (Å²) in [6, 6.07) is 6.11. The lowest BCUT2D eigenvalue weighted by molar-refractivity contribution is -0.0703. The van der Waals surface area contributed by atoms with Crippen LogP contribution in [0.4, 0.5) is 0 Å². The van der Waals surface area contributed by atoms with E-state index in [1.54, 1.807) is 0 Å². The van der Waals surface area contributed by atoms with Gasteiger partial charge in [-0.05, 0) is 51.0 Å². The third-order valence-electron chi connectivity index (χ3n) is 3.89. The van der Waals surface area contributed by atoms with E-state index in [-0.39, 0.29) is 5.54 Å². The van der Waals surface area contributed by atoms with Crippen LogP contribution in [0.1, 0.15) is 25.0 Å². The number of rotatable bonds is 5. The topological polar surface area (TPSA) is 41.9 Å². The van der Waals surface area contributed by atoms with Gasteiger partial charge in [-0.2, -0.15) is 0 Å². The molecule has 1 aliphatic rings. The van der Waals surface area contributed by atoms with E-state index in [1.807, 2.05) is 26.0 Å². The molecule has 1 aromatic carbocycles. The lowest BCUT2D eigenvalue weighted by Gasteiger charge is -2.42. The monoisotopic (exact) mass is 293 g/mol. The SMILES string of the molecule is Cc1cc(C)cc(OCC(O)CN2CCOCC2(C)C)c1. The maximum absolute atomic E-state index is 10.2. The molecule has 21 heavy (non-hydrogen) atoms. The molecule has 1 unspecified atom stereocenters. The first-order valence-corrected chi connectivity index (χ1v) is 7.59. The van der Waals surface area contributed by atoms with E-state index in [4.69, 9.17) is 9.47 Å². The molecule has 0 radical (unpaired) electrons. The summed E-state index contributed by atoms with van der Waals surface area (Å²) >= 11 is 0. The summed E-state index contributed by atoms with van der Waals surface area (Å²) in [5.74, 6) is 0.827. The zero-order chi connectivity index (χ0) is 15.5. The molecule has 1 saturated heterocycles. The van der Waals surface area contributed by atoms with E-state index in [0.717, 1.165) is 18.9 Å². The van der Waals surface area contributed by atoms with Gasteiger partial charge in [-0.1, -0.05) is 6.07 Å². The largest absolute Gasteiger partial charge is 0.491 e. The molecule has 4 heteroatoms. The fourth-order valence-corrected chi connectivity index (χ4v) is 2.74. The highest BCUT2D eigenvalue weighted by Crippen LogP contribution is 2.20. The zero-order valence-electron chi connectivity index (χ0n) is 13.6. The number of β-amino-alcohol motifs (C(OH)–C–C–N with tert-alkyl or cyclic N) is 1. The number of nitrogens with zero attached hydrogens (tertiary/aromatic N) is 1. The average molecular weight is 293 g/mol. The minimum atomic E-state index is -0.497. The van der Waals surface area contributed by atoms with Gasteiger partial charge in [0.1, 0.15) is 18.5 Å². The Morgan fingerprint density at radius 3 is 2.57 bits per heavy atom. The number of aryl methyl sites for hydroxylation is 2. The van der Waals surface area contributed by atoms with Crippen LogP contribution in [0.3, 0.4) is 0 Å². The summed E-state index contributed by atoms with van der Waals surface area (Å²) < 4.78 is 11.2. The molecule has 0 saturated carbocycles. The summed E-state index contributed by atoms with van der Waals surface area (Å²) in [4.78, 5) is 2.27. The lowest BCUT2D eigenvalue weighted by atomic mass is 10.0. The van der Waals surface area contributed by atoms with Crippen molar-refractivity contribution in [3.8, 4) is 5.75 Å². The molecule has 1 atom stereocenters. The number of morpholine rings is 1. The van der Waals surface area contributed by atoms with Gasteiger partial charge in [0.25, 0.3) is 0 Å². The lowest BCUT2D eigenvalue weighted by Crippen LogP contribution is -2.55. The van der Waals surface area contributed by atoms with Crippen molar-refractivity contribution in [3.63, 3.8) is 0 Å². The Kier molecular flexibility index (Phi) is 5.25. The van der Waals surface area contributed by atoms with Crippen LogP contribution in [0.15, 0.2) is 18.2 Å². The highest BCUT2D eigenvalue weighted by molar-refractivity contribution is 5.32. The molecule has 1 heterocycles. The van der Waals surface area contributed by atoms with Crippen LogP contribution in [0, 0.1) is 13.8 Å². The van der Waals surface area contributed by atoms with Crippen molar-refractivity contribution < 1.29 is 14.6 Å². The van der Waals surface area contributed by atoms with E-state index in [2.05, 4.69) is 24.8 Å². The van der Waals surface area contributed by atoms with Crippen LogP contribution >= 0.6 is 0 Å². The molecular formula is C17H27NO3. The van der Waals surface area contributed by atoms with Gasteiger partial charge in [0.05, 0.1) is 13.2 Å². The summed E-state index contributed by atoms with van der Waals surface area (Å²) in [5.41, 5.74) is 2.32. The van der Waals surface area contributed by atoms with Crippen LogP contribution < -0.4 is 4.74 Å². The van der Waals surface area contributed by atoms with Gasteiger partial charge < -0.3 is 14.6 Å². The van der Waals surface area contributed by atoms with Gasteiger partial charge in [0, 0.05) is 18.6 Å². The Labute approximate surface area is 127 Å². The number of hydrogen-bond donors (Lipinski definition) is 1. The van der Waals surface area contributed by atoms with E-state index in [1.165, 1.54) is 11.1 Å². The second-order valence-electron chi connectivity index (χ2n) is 6.60. The molecule has 2 rings (SSSR count). The highest BCUT2D eigenvalue weighted by Gasteiger charge is 2.31. The van der Waals surface area contributed by atoms with Gasteiger partial charge in [0.15, 0.2) is 0 Å². The smallest absolute Gasteiger partial charge is 0.119 e. The molecule has 1 N–H and O–H groups in total. The number of aliphatic hydroxyl groups excluding tert-OH is 1. The number of benzene rings is 1. The molecule has 0 amide bonds. The van der Waals surface area contributed by atoms with E-state index >= 15 is 0 Å². The summed E-state index contributed by atoms with van der Waals surface area (Å²) in [6.07, 6.45) is -0.497. The maximum Gasteiger partial charge on any atom is 0.119 e. The zero-order valence-corrected chi connectivity index (χ0v) is 13.6. The molecule has 1 aromatic rings. The molecule has 1 fully saturated rings. The second-order valence-corrected chi connectivity index (χ2v) is 6.60. The Balaban J connectivity index is 1.85. The number of hydrogen-bond acceptors (Lipinski definition) is 4. The number of ether oxygens (including phenoxy) is 2. The normalized spacial score (nSPS) is 20.2. The van der Waals surface area contributed by atoms with Crippen molar-refractivity contribution in [2.24, 2.45) is 0 Å². The van der Waals surface area contributed by atoms with Gasteiger partial charge >= 0.3 is 0 Å². The van der Waals surface area contributed by atoms with Crippen LogP contribution in [-0.2, 0) is 4.74 Å². The van der Waals surface area contributed by atoms with Crippen LogP contribution in [0.25, 0.3) is 0 Å². The first-order valence-electron chi connectivity index (χ1n) is 7.59. The molecular weight excluding hydrogens is 266 g/mol. The van der Waals surface area contributed by atoms with E-state index in [0.29, 0.717) is 19.8 Å². The first kappa shape index (κ1) is 16.3. The summed E-state index contributed by atoms with van der Waals surface area (Å²) in [5, 5.41) is 10.2. The molecule has 0 bridgehead atoms. The van der Waals surface area contributed by atoms with Gasteiger partial charge in [-0.25, -0.2) is 0 Å². The van der Waals surface area contributed by atoms with Crippen LogP contribution in [-0.4, -0.2) is 54.6 Å². The fraction of sp³-hybridized carbons (Fsp3) is 0.647. The minimum absolute atomic E-state index is 0.0286. The molecule has 118 valence electrons. The Morgan fingerprint density at radius 2 is 1.95 bits per heavy atom. The van der Waals surface area contributed by atoms with Crippen molar-refractivity contribution in [2.75, 3.05) is 32.9 Å². The third kappa shape index (κ3) is 4.70.